The van der Waals surface area contributed by atoms with E-state index in [0.29, 0.717) is 11.1 Å². The molecule has 0 aromatic heterocycles. The lowest BCUT2D eigenvalue weighted by Crippen LogP contribution is -2.34. The highest BCUT2D eigenvalue weighted by molar-refractivity contribution is 6.22. The van der Waals surface area contributed by atoms with Crippen molar-refractivity contribution in [3.05, 3.63) is 143 Å². The average molecular weight is 415 g/mol. The molecule has 0 saturated heterocycles. The van der Waals surface area contributed by atoms with Crippen molar-refractivity contribution >= 4 is 23.5 Å². The zero-order valence-electron chi connectivity index (χ0n) is 17.4. The predicted octanol–water partition coefficient (Wildman–Crippen LogP) is 6.26. The average Bonchev–Trinajstić information content (AvgIpc) is 3.11. The summed E-state index contributed by atoms with van der Waals surface area (Å²) >= 11 is 0. The van der Waals surface area contributed by atoms with E-state index in [9.17, 15) is 9.59 Å². The zero-order valence-corrected chi connectivity index (χ0v) is 17.4. The van der Waals surface area contributed by atoms with Crippen molar-refractivity contribution in [2.24, 2.45) is 0 Å². The van der Waals surface area contributed by atoms with Crippen molar-refractivity contribution in [2.75, 3.05) is 0 Å². The monoisotopic (exact) mass is 415 g/mol. The van der Waals surface area contributed by atoms with Crippen molar-refractivity contribution in [3.8, 4) is 0 Å². The zero-order chi connectivity index (χ0) is 21.9. The summed E-state index contributed by atoms with van der Waals surface area (Å²) in [6.07, 6.45) is 2.07. The minimum atomic E-state index is -0.564. The first-order valence-corrected chi connectivity index (χ1v) is 10.6. The Hall–Kier alpha value is -4.24. The lowest BCUT2D eigenvalue weighted by Gasteiger charge is -2.29. The number of carbonyl (C=O) groups is 2. The van der Waals surface area contributed by atoms with Crippen LogP contribution >= 0.6 is 0 Å². The Labute approximate surface area is 187 Å². The summed E-state index contributed by atoms with van der Waals surface area (Å²) in [6.45, 7) is 0. The maximum Gasteiger partial charge on any atom is 0.262 e. The summed E-state index contributed by atoms with van der Waals surface area (Å²) in [4.78, 5) is 28.4. The number of hydrogen-bond donors (Lipinski definition) is 0. The highest BCUT2D eigenvalue weighted by Gasteiger charge is 2.41. The Morgan fingerprint density at radius 1 is 0.594 bits per heavy atom. The van der Waals surface area contributed by atoms with Gasteiger partial charge in [-0.1, -0.05) is 103 Å². The number of carbonyl (C=O) groups excluding carboxylic acids is 2. The van der Waals surface area contributed by atoms with Crippen molar-refractivity contribution in [3.63, 3.8) is 0 Å². The lowest BCUT2D eigenvalue weighted by molar-refractivity contribution is 0.0619. The number of fused-ring (bicyclic) bond motifs is 1. The summed E-state index contributed by atoms with van der Waals surface area (Å²) in [5.74, 6) is -0.538. The minimum Gasteiger partial charge on any atom is -0.269 e. The molecular formula is C29H21NO2. The molecule has 0 radical (unpaired) electrons. The Bertz CT molecular complexity index is 1260. The Kier molecular flexibility index (Phi) is 5.22. The van der Waals surface area contributed by atoms with Gasteiger partial charge < -0.3 is 0 Å². The van der Waals surface area contributed by atoms with E-state index in [1.807, 2.05) is 91.0 Å². The summed E-state index contributed by atoms with van der Waals surface area (Å²) in [6, 6.07) is 36.1. The molecule has 3 nitrogen and oxygen atoms in total. The van der Waals surface area contributed by atoms with Gasteiger partial charge in [0.05, 0.1) is 17.2 Å². The molecule has 32 heavy (non-hydrogen) atoms. The van der Waals surface area contributed by atoms with E-state index >= 15 is 0 Å². The van der Waals surface area contributed by atoms with Gasteiger partial charge in [0.2, 0.25) is 0 Å². The van der Waals surface area contributed by atoms with Gasteiger partial charge in [-0.15, -0.1) is 0 Å². The Morgan fingerprint density at radius 3 is 1.62 bits per heavy atom. The van der Waals surface area contributed by atoms with Crippen molar-refractivity contribution in [1.29, 1.82) is 0 Å². The summed E-state index contributed by atoms with van der Waals surface area (Å²) in [7, 11) is 0. The molecule has 4 aromatic carbocycles. The van der Waals surface area contributed by atoms with E-state index in [0.717, 1.165) is 22.3 Å². The van der Waals surface area contributed by atoms with E-state index in [1.165, 1.54) is 4.90 Å². The van der Waals surface area contributed by atoms with Crippen molar-refractivity contribution < 1.29 is 9.59 Å². The molecule has 0 N–H and O–H groups in total. The van der Waals surface area contributed by atoms with Crippen LogP contribution < -0.4 is 0 Å². The third-order valence-electron chi connectivity index (χ3n) is 5.72. The normalized spacial score (nSPS) is 14.4. The lowest BCUT2D eigenvalue weighted by atomic mass is 9.90. The smallest absolute Gasteiger partial charge is 0.262 e. The van der Waals surface area contributed by atoms with Crippen molar-refractivity contribution in [1.82, 2.24) is 4.90 Å². The van der Waals surface area contributed by atoms with Gasteiger partial charge in [-0.05, 0) is 40.5 Å². The molecule has 1 atom stereocenters. The first kappa shape index (κ1) is 19.7. The molecule has 1 aliphatic rings. The minimum absolute atomic E-state index is 0.269. The van der Waals surface area contributed by atoms with Crippen LogP contribution in [0.3, 0.4) is 0 Å². The fourth-order valence-electron chi connectivity index (χ4n) is 4.22. The molecule has 0 spiro atoms. The van der Waals surface area contributed by atoms with Crippen LogP contribution in [0.1, 0.15) is 43.4 Å². The first-order valence-electron chi connectivity index (χ1n) is 10.6. The van der Waals surface area contributed by atoms with E-state index in [2.05, 4.69) is 6.08 Å². The van der Waals surface area contributed by atoms with Gasteiger partial charge in [-0.2, -0.15) is 0 Å². The highest BCUT2D eigenvalue weighted by Crippen LogP contribution is 2.41. The molecule has 3 heteroatoms. The fraction of sp³-hybridized carbons (Fsp3) is 0.0345. The number of nitrogens with zero attached hydrogens (tertiary/aromatic N) is 1. The molecular weight excluding hydrogens is 394 g/mol. The second-order valence-corrected chi connectivity index (χ2v) is 7.72. The molecule has 1 heterocycles. The van der Waals surface area contributed by atoms with Gasteiger partial charge in [0.15, 0.2) is 0 Å². The van der Waals surface area contributed by atoms with Gasteiger partial charge in [0, 0.05) is 0 Å². The van der Waals surface area contributed by atoms with E-state index in [-0.39, 0.29) is 11.8 Å². The number of imide groups is 1. The highest BCUT2D eigenvalue weighted by atomic mass is 16.2. The van der Waals surface area contributed by atoms with Crippen LogP contribution in [-0.4, -0.2) is 16.7 Å². The standard InChI is InChI=1S/C29H21NO2/c31-28-24-18-10-11-19-25(24)29(32)30(28)27(23-16-8-3-9-17-23)26(22-14-6-2-7-15-22)20-21-12-4-1-5-13-21/h1-20,27H/b26-20-. The molecule has 1 aliphatic heterocycles. The van der Waals surface area contributed by atoms with Gasteiger partial charge in [-0.3, -0.25) is 14.5 Å². The molecule has 4 aromatic rings. The molecule has 154 valence electrons. The second kappa shape index (κ2) is 8.48. The SMILES string of the molecule is O=C1c2ccccc2C(=O)N1C(/C(=C\c1ccccc1)c1ccccc1)c1ccccc1. The number of rotatable bonds is 5. The van der Waals surface area contributed by atoms with Crippen LogP contribution in [0.5, 0.6) is 0 Å². The molecule has 2 amide bonds. The van der Waals surface area contributed by atoms with Crippen LogP contribution in [0.25, 0.3) is 11.6 Å². The van der Waals surface area contributed by atoms with Crippen LogP contribution in [-0.2, 0) is 0 Å². The molecule has 5 rings (SSSR count). The van der Waals surface area contributed by atoms with E-state index in [1.54, 1.807) is 24.3 Å². The second-order valence-electron chi connectivity index (χ2n) is 7.72. The maximum absolute atomic E-state index is 13.5. The van der Waals surface area contributed by atoms with Gasteiger partial charge in [0.25, 0.3) is 11.8 Å². The van der Waals surface area contributed by atoms with Crippen LogP contribution in [0.4, 0.5) is 0 Å². The third kappa shape index (κ3) is 3.54. The van der Waals surface area contributed by atoms with E-state index < -0.39 is 6.04 Å². The fourth-order valence-corrected chi connectivity index (χ4v) is 4.22. The maximum atomic E-state index is 13.5. The number of benzene rings is 4. The summed E-state index contributed by atoms with van der Waals surface area (Å²) < 4.78 is 0. The Morgan fingerprint density at radius 2 is 1.06 bits per heavy atom. The van der Waals surface area contributed by atoms with Gasteiger partial charge in [-0.25, -0.2) is 0 Å². The largest absolute Gasteiger partial charge is 0.269 e. The van der Waals surface area contributed by atoms with Gasteiger partial charge >= 0.3 is 0 Å². The molecule has 1 unspecified atom stereocenters. The van der Waals surface area contributed by atoms with Crippen LogP contribution in [0.15, 0.2) is 115 Å². The Balaban J connectivity index is 1.74. The summed E-state index contributed by atoms with van der Waals surface area (Å²) in [5.41, 5.74) is 4.63. The van der Waals surface area contributed by atoms with E-state index in [4.69, 9.17) is 0 Å². The first-order chi connectivity index (χ1) is 15.7. The number of hydrogen-bond acceptors (Lipinski definition) is 2. The molecule has 0 aliphatic carbocycles. The quantitative estimate of drug-likeness (QED) is 0.285. The molecule has 0 fully saturated rings. The molecule has 0 bridgehead atoms. The topological polar surface area (TPSA) is 37.4 Å². The van der Waals surface area contributed by atoms with Crippen molar-refractivity contribution in [2.45, 2.75) is 6.04 Å². The predicted molar refractivity (Wildman–Crippen MR) is 127 cm³/mol. The van der Waals surface area contributed by atoms with Gasteiger partial charge in [0.1, 0.15) is 0 Å². The summed E-state index contributed by atoms with van der Waals surface area (Å²) in [5, 5.41) is 0. The van der Waals surface area contributed by atoms with Crippen LogP contribution in [0, 0.1) is 0 Å². The third-order valence-corrected chi connectivity index (χ3v) is 5.72. The number of amides is 2. The molecule has 0 saturated carbocycles. The van der Waals surface area contributed by atoms with Crippen LogP contribution in [0.2, 0.25) is 0 Å².